The van der Waals surface area contributed by atoms with Crippen molar-refractivity contribution in [1.29, 1.82) is 0 Å². The van der Waals surface area contributed by atoms with Gasteiger partial charge >= 0.3 is 0 Å². The molecule has 2 rings (SSSR count). The van der Waals surface area contributed by atoms with Crippen LogP contribution in [0.15, 0.2) is 59.4 Å². The number of hydrazone groups is 1. The van der Waals surface area contributed by atoms with Crippen molar-refractivity contribution in [2.24, 2.45) is 11.0 Å². The summed E-state index contributed by atoms with van der Waals surface area (Å²) in [6.07, 6.45) is 7.64. The average molecular weight is 297 g/mol. The molecule has 1 unspecified atom stereocenters. The molecule has 0 spiro atoms. The first-order valence-electron chi connectivity index (χ1n) is 7.82. The van der Waals surface area contributed by atoms with E-state index in [0.29, 0.717) is 5.92 Å². The number of hydrogen-bond acceptors (Lipinski definition) is 3. The summed E-state index contributed by atoms with van der Waals surface area (Å²) in [6, 6.07) is 10.4. The van der Waals surface area contributed by atoms with Gasteiger partial charge in [-0.1, -0.05) is 42.5 Å². The lowest BCUT2D eigenvalue weighted by atomic mass is 9.98. The van der Waals surface area contributed by atoms with E-state index in [9.17, 15) is 0 Å². The van der Waals surface area contributed by atoms with Crippen LogP contribution >= 0.6 is 0 Å². The lowest BCUT2D eigenvalue weighted by molar-refractivity contribution is 0.440. The second-order valence-electron chi connectivity index (χ2n) is 7.00. The van der Waals surface area contributed by atoms with Crippen molar-refractivity contribution < 1.29 is 0 Å². The molecule has 1 aliphatic rings. The Morgan fingerprint density at radius 2 is 1.86 bits per heavy atom. The van der Waals surface area contributed by atoms with Gasteiger partial charge in [0.25, 0.3) is 0 Å². The van der Waals surface area contributed by atoms with E-state index in [4.69, 9.17) is 0 Å². The maximum Gasteiger partial charge on any atom is 0.0684 e. The Bertz CT molecular complexity index is 574. The van der Waals surface area contributed by atoms with Crippen LogP contribution in [-0.2, 0) is 0 Å². The minimum Gasteiger partial charge on any atom is -0.378 e. The summed E-state index contributed by atoms with van der Waals surface area (Å²) in [5, 5.41) is 4.69. The summed E-state index contributed by atoms with van der Waals surface area (Å²) in [5.74, 6) is 0.401. The van der Waals surface area contributed by atoms with Crippen molar-refractivity contribution in [1.82, 2.24) is 10.3 Å². The van der Waals surface area contributed by atoms with Gasteiger partial charge in [0.15, 0.2) is 0 Å². The quantitative estimate of drug-likeness (QED) is 0.661. The summed E-state index contributed by atoms with van der Waals surface area (Å²) >= 11 is 0. The SMILES string of the molecule is CN(C)C1=CC(CC(=NNC(C)(C)C)c2ccccc2)C=C1. The second-order valence-corrected chi connectivity index (χ2v) is 7.00. The molecule has 3 nitrogen and oxygen atoms in total. The van der Waals surface area contributed by atoms with Gasteiger partial charge in [-0.05, 0) is 32.4 Å². The van der Waals surface area contributed by atoms with Crippen molar-refractivity contribution in [3.63, 3.8) is 0 Å². The molecule has 3 heteroatoms. The molecule has 0 heterocycles. The van der Waals surface area contributed by atoms with Crippen LogP contribution in [-0.4, -0.2) is 30.2 Å². The van der Waals surface area contributed by atoms with Crippen molar-refractivity contribution in [3.05, 3.63) is 59.8 Å². The van der Waals surface area contributed by atoms with Crippen LogP contribution in [0.2, 0.25) is 0 Å². The zero-order chi connectivity index (χ0) is 16.2. The third kappa shape index (κ3) is 4.76. The number of nitrogens with one attached hydrogen (secondary N) is 1. The molecule has 118 valence electrons. The highest BCUT2D eigenvalue weighted by Gasteiger charge is 2.16. The summed E-state index contributed by atoms with van der Waals surface area (Å²) in [7, 11) is 4.15. The molecular weight excluding hydrogens is 270 g/mol. The molecule has 0 radical (unpaired) electrons. The number of benzene rings is 1. The average Bonchev–Trinajstić information content (AvgIpc) is 2.92. The second kappa shape index (κ2) is 6.82. The van der Waals surface area contributed by atoms with Crippen LogP contribution in [0.1, 0.15) is 32.8 Å². The number of rotatable bonds is 5. The Labute approximate surface area is 134 Å². The van der Waals surface area contributed by atoms with E-state index < -0.39 is 0 Å². The Balaban J connectivity index is 2.18. The van der Waals surface area contributed by atoms with Crippen molar-refractivity contribution in [2.45, 2.75) is 32.7 Å². The molecule has 1 aromatic rings. The highest BCUT2D eigenvalue weighted by Crippen LogP contribution is 2.22. The minimum absolute atomic E-state index is 0.0316. The predicted octanol–water partition coefficient (Wildman–Crippen LogP) is 3.80. The monoisotopic (exact) mass is 297 g/mol. The van der Waals surface area contributed by atoms with Crippen molar-refractivity contribution in [2.75, 3.05) is 14.1 Å². The first-order valence-corrected chi connectivity index (χ1v) is 7.82. The van der Waals surface area contributed by atoms with E-state index in [0.717, 1.165) is 12.1 Å². The predicted molar refractivity (Wildman–Crippen MR) is 94.9 cm³/mol. The van der Waals surface area contributed by atoms with E-state index in [1.807, 2.05) is 6.07 Å². The first kappa shape index (κ1) is 16.3. The van der Waals surface area contributed by atoms with Crippen LogP contribution in [0, 0.1) is 5.92 Å². The zero-order valence-electron chi connectivity index (χ0n) is 14.3. The summed E-state index contributed by atoms with van der Waals surface area (Å²) < 4.78 is 0. The van der Waals surface area contributed by atoms with E-state index in [1.165, 1.54) is 11.3 Å². The standard InChI is InChI=1S/C19H27N3/c1-19(2,3)21-20-18(16-9-7-6-8-10-16)14-15-11-12-17(13-15)22(4)5/h6-13,15,21H,14H2,1-5H3. The lowest BCUT2D eigenvalue weighted by Gasteiger charge is -2.20. The summed E-state index contributed by atoms with van der Waals surface area (Å²) in [6.45, 7) is 6.37. The molecule has 0 aliphatic heterocycles. The molecule has 0 fully saturated rings. The molecule has 0 amide bonds. The lowest BCUT2D eigenvalue weighted by Crippen LogP contribution is -2.32. The fourth-order valence-electron chi connectivity index (χ4n) is 2.29. The third-order valence-electron chi connectivity index (χ3n) is 3.48. The van der Waals surface area contributed by atoms with Gasteiger partial charge in [-0.15, -0.1) is 0 Å². The van der Waals surface area contributed by atoms with Gasteiger partial charge in [0.2, 0.25) is 0 Å². The van der Waals surface area contributed by atoms with Gasteiger partial charge in [0, 0.05) is 37.7 Å². The van der Waals surface area contributed by atoms with E-state index in [1.54, 1.807) is 0 Å². The van der Waals surface area contributed by atoms with E-state index in [2.05, 4.69) is 92.8 Å². The first-order chi connectivity index (χ1) is 10.3. The number of likely N-dealkylation sites (N-methyl/N-ethyl adjacent to an activating group) is 1. The topological polar surface area (TPSA) is 27.6 Å². The van der Waals surface area contributed by atoms with Crippen LogP contribution in [0.4, 0.5) is 0 Å². The molecule has 1 atom stereocenters. The van der Waals surface area contributed by atoms with Crippen molar-refractivity contribution >= 4 is 5.71 Å². The summed E-state index contributed by atoms with van der Waals surface area (Å²) in [5.41, 5.74) is 6.77. The zero-order valence-corrected chi connectivity index (χ0v) is 14.3. The maximum atomic E-state index is 4.69. The van der Waals surface area contributed by atoms with Crippen LogP contribution < -0.4 is 5.43 Å². The number of allylic oxidation sites excluding steroid dienone is 3. The van der Waals surface area contributed by atoms with Gasteiger partial charge < -0.3 is 10.3 Å². The molecule has 0 bridgehead atoms. The van der Waals surface area contributed by atoms with Gasteiger partial charge in [-0.2, -0.15) is 5.10 Å². The fraction of sp³-hybridized carbons (Fsp3) is 0.421. The van der Waals surface area contributed by atoms with Crippen LogP contribution in [0.25, 0.3) is 0 Å². The normalized spacial score (nSPS) is 18.3. The van der Waals surface area contributed by atoms with Crippen molar-refractivity contribution in [3.8, 4) is 0 Å². The largest absolute Gasteiger partial charge is 0.378 e. The van der Waals surface area contributed by atoms with E-state index >= 15 is 0 Å². The maximum absolute atomic E-state index is 4.69. The van der Waals surface area contributed by atoms with Gasteiger partial charge in [-0.3, -0.25) is 0 Å². The molecule has 0 saturated carbocycles. The molecule has 22 heavy (non-hydrogen) atoms. The molecule has 0 aromatic heterocycles. The highest BCUT2D eigenvalue weighted by molar-refractivity contribution is 6.00. The van der Waals surface area contributed by atoms with Crippen LogP contribution in [0.5, 0.6) is 0 Å². The molecule has 0 saturated heterocycles. The highest BCUT2D eigenvalue weighted by atomic mass is 15.3. The third-order valence-corrected chi connectivity index (χ3v) is 3.48. The van der Waals surface area contributed by atoms with Crippen LogP contribution in [0.3, 0.4) is 0 Å². The molecule has 1 N–H and O–H groups in total. The Morgan fingerprint density at radius 1 is 1.18 bits per heavy atom. The minimum atomic E-state index is -0.0316. The molecule has 1 aromatic carbocycles. The van der Waals surface area contributed by atoms with Gasteiger partial charge in [-0.25, -0.2) is 0 Å². The molecule has 1 aliphatic carbocycles. The Hall–Kier alpha value is -2.03. The molecular formula is C19H27N3. The number of nitrogens with zero attached hydrogens (tertiary/aromatic N) is 2. The summed E-state index contributed by atoms with van der Waals surface area (Å²) in [4.78, 5) is 2.14. The number of hydrogen-bond donors (Lipinski definition) is 1. The smallest absolute Gasteiger partial charge is 0.0684 e. The Morgan fingerprint density at radius 3 is 2.41 bits per heavy atom. The van der Waals surface area contributed by atoms with E-state index in [-0.39, 0.29) is 5.54 Å². The Kier molecular flexibility index (Phi) is 5.07. The fourth-order valence-corrected chi connectivity index (χ4v) is 2.29. The van der Waals surface area contributed by atoms with Gasteiger partial charge in [0.1, 0.15) is 0 Å². The van der Waals surface area contributed by atoms with Gasteiger partial charge in [0.05, 0.1) is 5.71 Å².